The molecule has 0 aromatic heterocycles. The second kappa shape index (κ2) is 4.47. The van der Waals surface area contributed by atoms with Crippen molar-refractivity contribution in [3.63, 3.8) is 0 Å². The van der Waals surface area contributed by atoms with Crippen molar-refractivity contribution in [2.24, 2.45) is 5.73 Å². The van der Waals surface area contributed by atoms with Crippen molar-refractivity contribution in [2.45, 2.75) is 33.2 Å². The van der Waals surface area contributed by atoms with Crippen molar-refractivity contribution in [3.8, 4) is 5.75 Å². The molecule has 2 heteroatoms. The maximum atomic E-state index is 6.05. The van der Waals surface area contributed by atoms with Gasteiger partial charge in [0.2, 0.25) is 0 Å². The van der Waals surface area contributed by atoms with Crippen molar-refractivity contribution >= 4 is 0 Å². The van der Waals surface area contributed by atoms with Crippen LogP contribution in [0.15, 0.2) is 12.1 Å². The molecule has 0 spiro atoms. The quantitative estimate of drug-likeness (QED) is 0.801. The van der Waals surface area contributed by atoms with Crippen LogP contribution < -0.4 is 10.5 Å². The number of aryl methyl sites for hydroxylation is 2. The minimum Gasteiger partial charge on any atom is -0.497 e. The van der Waals surface area contributed by atoms with Gasteiger partial charge in [0.1, 0.15) is 5.75 Å². The summed E-state index contributed by atoms with van der Waals surface area (Å²) in [6, 6.07) is 4.22. The molecule has 0 aliphatic carbocycles. The Bertz CT molecular complexity index is 297. The van der Waals surface area contributed by atoms with Crippen molar-refractivity contribution < 1.29 is 4.74 Å². The molecule has 1 unspecified atom stereocenters. The Morgan fingerprint density at radius 1 is 1.29 bits per heavy atom. The van der Waals surface area contributed by atoms with Gasteiger partial charge in [-0.05, 0) is 49.1 Å². The van der Waals surface area contributed by atoms with Crippen molar-refractivity contribution in [1.29, 1.82) is 0 Å². The van der Waals surface area contributed by atoms with Gasteiger partial charge in [0.25, 0.3) is 0 Å². The maximum Gasteiger partial charge on any atom is 0.119 e. The van der Waals surface area contributed by atoms with Crippen molar-refractivity contribution in [1.82, 2.24) is 0 Å². The molecule has 0 aliphatic heterocycles. The molecule has 0 amide bonds. The van der Waals surface area contributed by atoms with E-state index in [9.17, 15) is 0 Å². The molecular weight excluding hydrogens is 174 g/mol. The topological polar surface area (TPSA) is 35.2 Å². The predicted molar refractivity (Wildman–Crippen MR) is 59.7 cm³/mol. The van der Waals surface area contributed by atoms with Crippen molar-refractivity contribution in [2.75, 3.05) is 7.11 Å². The molecule has 0 aliphatic rings. The molecule has 2 N–H and O–H groups in total. The second-order valence-corrected chi connectivity index (χ2v) is 3.69. The van der Waals surface area contributed by atoms with Gasteiger partial charge in [-0.25, -0.2) is 0 Å². The summed E-state index contributed by atoms with van der Waals surface area (Å²) < 4.78 is 5.20. The van der Waals surface area contributed by atoms with Crippen LogP contribution in [0, 0.1) is 13.8 Å². The van der Waals surface area contributed by atoms with Gasteiger partial charge in [-0.3, -0.25) is 0 Å². The molecule has 1 atom stereocenters. The zero-order valence-corrected chi connectivity index (χ0v) is 9.42. The molecule has 2 nitrogen and oxygen atoms in total. The number of ether oxygens (including phenoxy) is 1. The Labute approximate surface area is 86.1 Å². The molecular formula is C12H19NO. The highest BCUT2D eigenvalue weighted by Crippen LogP contribution is 2.26. The van der Waals surface area contributed by atoms with E-state index in [2.05, 4.69) is 20.8 Å². The zero-order chi connectivity index (χ0) is 10.7. The molecule has 0 bridgehead atoms. The van der Waals surface area contributed by atoms with Gasteiger partial charge in [0.05, 0.1) is 7.11 Å². The van der Waals surface area contributed by atoms with Gasteiger partial charge in [0, 0.05) is 6.04 Å². The van der Waals surface area contributed by atoms with Crippen LogP contribution in [-0.4, -0.2) is 7.11 Å². The third-order valence-corrected chi connectivity index (χ3v) is 2.61. The number of benzene rings is 1. The Kier molecular flexibility index (Phi) is 3.53. The Morgan fingerprint density at radius 2 is 1.79 bits per heavy atom. The summed E-state index contributed by atoms with van der Waals surface area (Å²) in [6.07, 6.45) is 0.966. The number of rotatable bonds is 3. The molecule has 0 saturated carbocycles. The van der Waals surface area contributed by atoms with Crippen LogP contribution in [0.5, 0.6) is 5.75 Å². The minimum absolute atomic E-state index is 0.140. The molecule has 1 aromatic rings. The molecule has 0 fully saturated rings. The lowest BCUT2D eigenvalue weighted by atomic mass is 9.95. The fourth-order valence-corrected chi connectivity index (χ4v) is 1.84. The fraction of sp³-hybridized carbons (Fsp3) is 0.500. The lowest BCUT2D eigenvalue weighted by Gasteiger charge is -2.17. The van der Waals surface area contributed by atoms with E-state index in [0.29, 0.717) is 0 Å². The van der Waals surface area contributed by atoms with Gasteiger partial charge >= 0.3 is 0 Å². The van der Waals surface area contributed by atoms with Gasteiger partial charge in [-0.15, -0.1) is 0 Å². The third kappa shape index (κ3) is 2.07. The van der Waals surface area contributed by atoms with Gasteiger partial charge in [-0.2, -0.15) is 0 Å². The molecule has 0 radical (unpaired) electrons. The van der Waals surface area contributed by atoms with E-state index in [1.54, 1.807) is 7.11 Å². The van der Waals surface area contributed by atoms with Gasteiger partial charge < -0.3 is 10.5 Å². The first-order valence-electron chi connectivity index (χ1n) is 5.00. The van der Waals surface area contributed by atoms with E-state index in [4.69, 9.17) is 10.5 Å². The molecule has 0 saturated heterocycles. The van der Waals surface area contributed by atoms with Crippen LogP contribution in [0.4, 0.5) is 0 Å². The average molecular weight is 193 g/mol. The maximum absolute atomic E-state index is 6.05. The van der Waals surface area contributed by atoms with Crippen LogP contribution >= 0.6 is 0 Å². The Balaban J connectivity index is 3.18. The molecule has 0 heterocycles. The van der Waals surface area contributed by atoms with Crippen LogP contribution in [0.3, 0.4) is 0 Å². The third-order valence-electron chi connectivity index (χ3n) is 2.61. The number of methoxy groups -OCH3 is 1. The van der Waals surface area contributed by atoms with Gasteiger partial charge in [0.15, 0.2) is 0 Å². The van der Waals surface area contributed by atoms with Crippen molar-refractivity contribution in [3.05, 3.63) is 28.8 Å². The van der Waals surface area contributed by atoms with E-state index in [0.717, 1.165) is 12.2 Å². The Hall–Kier alpha value is -1.02. The number of hydrogen-bond acceptors (Lipinski definition) is 2. The standard InChI is InChI=1S/C12H19NO/c1-5-11(13)12-8(2)6-10(14-4)7-9(12)3/h6-7,11H,5,13H2,1-4H3. The molecule has 78 valence electrons. The number of nitrogens with two attached hydrogens (primary N) is 1. The summed E-state index contributed by atoms with van der Waals surface area (Å²) in [4.78, 5) is 0. The highest BCUT2D eigenvalue weighted by Gasteiger charge is 2.11. The summed E-state index contributed by atoms with van der Waals surface area (Å²) in [5.74, 6) is 0.909. The second-order valence-electron chi connectivity index (χ2n) is 3.69. The van der Waals surface area contributed by atoms with Crippen LogP contribution in [0.1, 0.15) is 36.1 Å². The predicted octanol–water partition coefficient (Wildman–Crippen LogP) is 2.72. The Morgan fingerprint density at radius 3 is 2.14 bits per heavy atom. The summed E-state index contributed by atoms with van der Waals surface area (Å²) in [5, 5.41) is 0. The van der Waals surface area contributed by atoms with E-state index in [1.807, 2.05) is 12.1 Å². The largest absolute Gasteiger partial charge is 0.497 e. The SMILES string of the molecule is CCC(N)c1c(C)cc(OC)cc1C. The van der Waals surface area contributed by atoms with Crippen LogP contribution in [-0.2, 0) is 0 Å². The fourth-order valence-electron chi connectivity index (χ4n) is 1.84. The average Bonchev–Trinajstić information content (AvgIpc) is 2.16. The zero-order valence-electron chi connectivity index (χ0n) is 9.42. The molecule has 14 heavy (non-hydrogen) atoms. The summed E-state index contributed by atoms with van der Waals surface area (Å²) >= 11 is 0. The number of hydrogen-bond donors (Lipinski definition) is 1. The first-order chi connectivity index (χ1) is 6.60. The highest BCUT2D eigenvalue weighted by atomic mass is 16.5. The normalized spacial score (nSPS) is 12.6. The molecule has 1 rings (SSSR count). The first-order valence-corrected chi connectivity index (χ1v) is 5.00. The monoisotopic (exact) mass is 193 g/mol. The summed E-state index contributed by atoms with van der Waals surface area (Å²) in [5.41, 5.74) is 9.74. The van der Waals surface area contributed by atoms with Crippen LogP contribution in [0.25, 0.3) is 0 Å². The highest BCUT2D eigenvalue weighted by molar-refractivity contribution is 5.42. The lowest BCUT2D eigenvalue weighted by Crippen LogP contribution is -2.12. The van der Waals surface area contributed by atoms with E-state index in [1.165, 1.54) is 16.7 Å². The molecule has 1 aromatic carbocycles. The van der Waals surface area contributed by atoms with E-state index >= 15 is 0 Å². The van der Waals surface area contributed by atoms with E-state index in [-0.39, 0.29) is 6.04 Å². The summed E-state index contributed by atoms with van der Waals surface area (Å²) in [6.45, 7) is 6.27. The lowest BCUT2D eigenvalue weighted by molar-refractivity contribution is 0.413. The smallest absolute Gasteiger partial charge is 0.119 e. The first kappa shape index (κ1) is 11.1. The van der Waals surface area contributed by atoms with E-state index < -0.39 is 0 Å². The van der Waals surface area contributed by atoms with Gasteiger partial charge in [-0.1, -0.05) is 6.92 Å². The summed E-state index contributed by atoms with van der Waals surface area (Å²) in [7, 11) is 1.69. The minimum atomic E-state index is 0.140. The van der Waals surface area contributed by atoms with Crippen LogP contribution in [0.2, 0.25) is 0 Å².